The number of carbonyl (C=O) groups is 3. The number of carbonyl (C=O) groups excluding carboxylic acids is 1. The van der Waals surface area contributed by atoms with E-state index >= 15 is 0 Å². The van der Waals surface area contributed by atoms with E-state index in [9.17, 15) is 19.5 Å². The first-order valence-corrected chi connectivity index (χ1v) is 9.24. The first-order chi connectivity index (χ1) is 15.1. The maximum Gasteiger partial charge on any atom is 0.320 e. The number of carboxylic acids is 2. The summed E-state index contributed by atoms with van der Waals surface area (Å²) in [5, 5.41) is 18.5. The summed E-state index contributed by atoms with van der Waals surface area (Å²) in [6.45, 7) is 0. The van der Waals surface area contributed by atoms with Gasteiger partial charge in [0.05, 0.1) is 11.9 Å². The average molecular weight is 440 g/mol. The molecule has 0 aliphatic carbocycles. The third-order valence-electron chi connectivity index (χ3n) is 4.73. The lowest BCUT2D eigenvalue weighted by Gasteiger charge is -2.22. The van der Waals surface area contributed by atoms with Crippen LogP contribution in [0.2, 0.25) is 0 Å². The monoisotopic (exact) mass is 440 g/mol. The van der Waals surface area contributed by atoms with Crippen molar-refractivity contribution in [2.45, 2.75) is 12.5 Å². The highest BCUT2D eigenvalue weighted by Crippen LogP contribution is 2.29. The normalized spacial score (nSPS) is 12.8. The van der Waals surface area contributed by atoms with Crippen LogP contribution >= 0.6 is 0 Å². The number of benzene rings is 1. The van der Waals surface area contributed by atoms with E-state index < -0.39 is 36.1 Å². The highest BCUT2D eigenvalue weighted by atomic mass is 16.4. The number of ketones is 1. The van der Waals surface area contributed by atoms with Gasteiger partial charge in [0.15, 0.2) is 28.6 Å². The molecule has 0 saturated heterocycles. The second kappa shape index (κ2) is 8.77. The molecule has 8 N–H and O–H groups in total. The molecule has 0 spiro atoms. The fourth-order valence-corrected chi connectivity index (χ4v) is 3.06. The van der Waals surface area contributed by atoms with E-state index in [0.29, 0.717) is 5.69 Å². The number of nitrogens with zero attached hydrogens (tertiary/aromatic N) is 5. The summed E-state index contributed by atoms with van der Waals surface area (Å²) in [5.74, 6) is -5.08. The van der Waals surface area contributed by atoms with Gasteiger partial charge in [0.25, 0.3) is 0 Å². The van der Waals surface area contributed by atoms with Crippen LogP contribution in [0.3, 0.4) is 0 Å². The summed E-state index contributed by atoms with van der Waals surface area (Å²) >= 11 is 0. The fraction of sp³-hybridized carbons (Fsp3) is 0.211. The van der Waals surface area contributed by atoms with Crippen molar-refractivity contribution in [2.24, 2.45) is 11.7 Å². The zero-order chi connectivity index (χ0) is 23.6. The third kappa shape index (κ3) is 4.37. The number of fused-ring (bicyclic) bond motifs is 1. The molecule has 1 unspecified atom stereocenters. The molecule has 0 aliphatic heterocycles. The molecular weight excluding hydrogens is 420 g/mol. The molecule has 0 amide bonds. The molecule has 2 heterocycles. The first-order valence-electron chi connectivity index (χ1n) is 9.24. The van der Waals surface area contributed by atoms with E-state index in [0.717, 1.165) is 0 Å². The number of hydrogen-bond donors (Lipinski definition) is 5. The molecule has 0 radical (unpaired) electrons. The number of aliphatic carboxylic acids is 2. The molecular formula is C19H20N8O5. The van der Waals surface area contributed by atoms with E-state index in [4.69, 9.17) is 22.3 Å². The van der Waals surface area contributed by atoms with E-state index in [2.05, 4.69) is 19.9 Å². The number of aromatic nitrogens is 4. The van der Waals surface area contributed by atoms with Gasteiger partial charge in [0, 0.05) is 12.6 Å². The molecule has 3 rings (SSSR count). The molecule has 0 saturated carbocycles. The van der Waals surface area contributed by atoms with E-state index in [1.807, 2.05) is 0 Å². The van der Waals surface area contributed by atoms with Crippen molar-refractivity contribution in [2.75, 3.05) is 23.4 Å². The Morgan fingerprint density at radius 2 is 1.75 bits per heavy atom. The summed E-state index contributed by atoms with van der Waals surface area (Å²) in [6, 6.07) is 4.71. The van der Waals surface area contributed by atoms with Gasteiger partial charge in [-0.05, 0) is 18.6 Å². The van der Waals surface area contributed by atoms with Crippen LogP contribution < -0.4 is 22.1 Å². The zero-order valence-corrected chi connectivity index (χ0v) is 16.8. The second-order valence-corrected chi connectivity index (χ2v) is 6.88. The number of nitrogens with two attached hydrogens (primary N) is 3. The standard InChI is InChI=1S/C19H20N8O5/c1-27(12-7-23-16-13(24-12)15(21)25-19(22)26-16)11-5-3-2-4-8(11)14(28)9(17(29)30)6-10(20)18(31)32/h2-5,7,9-10H,6,20H2,1H3,(H,29,30)(H,31,32)(H4,21,22,23,25,26)/t9?,10-/m0/s1. The maximum absolute atomic E-state index is 13.1. The van der Waals surface area contributed by atoms with E-state index in [1.165, 1.54) is 17.2 Å². The van der Waals surface area contributed by atoms with Crippen molar-refractivity contribution in [3.8, 4) is 0 Å². The lowest BCUT2D eigenvalue weighted by molar-refractivity contribution is -0.142. The number of hydrogen-bond acceptors (Lipinski definition) is 11. The molecule has 0 aliphatic rings. The predicted molar refractivity (Wildman–Crippen MR) is 114 cm³/mol. The van der Waals surface area contributed by atoms with Gasteiger partial charge in [0.2, 0.25) is 5.95 Å². The minimum atomic E-state index is -1.65. The van der Waals surface area contributed by atoms with Gasteiger partial charge in [-0.1, -0.05) is 12.1 Å². The lowest BCUT2D eigenvalue weighted by Crippen LogP contribution is -2.37. The number of rotatable bonds is 8. The van der Waals surface area contributed by atoms with Crippen LogP contribution in [0, 0.1) is 5.92 Å². The number of carboxylic acid groups (broad SMARTS) is 2. The minimum Gasteiger partial charge on any atom is -0.481 e. The summed E-state index contributed by atoms with van der Waals surface area (Å²) < 4.78 is 0. The Morgan fingerprint density at radius 1 is 1.06 bits per heavy atom. The smallest absolute Gasteiger partial charge is 0.320 e. The topological polar surface area (TPSA) is 225 Å². The van der Waals surface area contributed by atoms with Crippen LogP contribution in [-0.4, -0.2) is 61.0 Å². The summed E-state index contributed by atoms with van der Waals surface area (Å²) in [5.41, 5.74) is 17.6. The molecule has 0 fully saturated rings. The Bertz CT molecular complexity index is 1220. The van der Waals surface area contributed by atoms with E-state index in [-0.39, 0.29) is 34.3 Å². The van der Waals surface area contributed by atoms with Gasteiger partial charge in [0.1, 0.15) is 12.0 Å². The Kier molecular flexibility index (Phi) is 6.11. The molecule has 13 heteroatoms. The molecule has 32 heavy (non-hydrogen) atoms. The Morgan fingerprint density at radius 3 is 2.41 bits per heavy atom. The van der Waals surface area contributed by atoms with Crippen molar-refractivity contribution in [1.29, 1.82) is 0 Å². The van der Waals surface area contributed by atoms with Crippen molar-refractivity contribution in [3.05, 3.63) is 36.0 Å². The van der Waals surface area contributed by atoms with Crippen LogP contribution in [0.5, 0.6) is 0 Å². The first kappa shape index (κ1) is 22.3. The van der Waals surface area contributed by atoms with Gasteiger partial charge in [-0.15, -0.1) is 0 Å². The number of nitrogen functional groups attached to an aromatic ring is 2. The zero-order valence-electron chi connectivity index (χ0n) is 16.8. The van der Waals surface area contributed by atoms with Gasteiger partial charge >= 0.3 is 11.9 Å². The summed E-state index contributed by atoms with van der Waals surface area (Å²) in [6.07, 6.45) is 0.817. The van der Waals surface area contributed by atoms with Crippen molar-refractivity contribution in [1.82, 2.24) is 19.9 Å². The quantitative estimate of drug-likeness (QED) is 0.230. The van der Waals surface area contributed by atoms with E-state index in [1.54, 1.807) is 25.2 Å². The number of Topliss-reactive ketones (excluding diaryl/α,β-unsaturated/α-hetero) is 1. The molecule has 1 aromatic carbocycles. The van der Waals surface area contributed by atoms with Crippen molar-refractivity contribution >= 4 is 52.2 Å². The Balaban J connectivity index is 2.01. The largest absolute Gasteiger partial charge is 0.481 e. The number of para-hydroxylation sites is 1. The fourth-order valence-electron chi connectivity index (χ4n) is 3.06. The van der Waals surface area contributed by atoms with Crippen LogP contribution in [0.25, 0.3) is 11.2 Å². The van der Waals surface area contributed by atoms with Gasteiger partial charge < -0.3 is 32.3 Å². The van der Waals surface area contributed by atoms with Gasteiger partial charge in [-0.2, -0.15) is 9.97 Å². The SMILES string of the molecule is CN(c1cnc2nc(N)nc(N)c2n1)c1ccccc1C(=O)C(C[C@H](N)C(=O)O)C(=O)O. The summed E-state index contributed by atoms with van der Waals surface area (Å²) in [7, 11) is 1.59. The molecule has 166 valence electrons. The van der Waals surface area contributed by atoms with Crippen molar-refractivity contribution < 1.29 is 24.6 Å². The number of anilines is 4. The molecule has 3 aromatic rings. The van der Waals surface area contributed by atoms with Crippen LogP contribution in [0.1, 0.15) is 16.8 Å². The van der Waals surface area contributed by atoms with Crippen molar-refractivity contribution in [3.63, 3.8) is 0 Å². The molecule has 2 atom stereocenters. The highest BCUT2D eigenvalue weighted by molar-refractivity contribution is 6.11. The predicted octanol–water partition coefficient (Wildman–Crippen LogP) is 0.0376. The lowest BCUT2D eigenvalue weighted by atomic mass is 9.90. The van der Waals surface area contributed by atoms with Crippen LogP contribution in [-0.2, 0) is 9.59 Å². The van der Waals surface area contributed by atoms with Gasteiger partial charge in [-0.25, -0.2) is 9.97 Å². The van der Waals surface area contributed by atoms with Gasteiger partial charge in [-0.3, -0.25) is 14.4 Å². The summed E-state index contributed by atoms with van der Waals surface area (Å²) in [4.78, 5) is 53.7. The van der Waals surface area contributed by atoms with Crippen LogP contribution in [0.4, 0.5) is 23.3 Å². The Hall–Kier alpha value is -4.39. The third-order valence-corrected chi connectivity index (χ3v) is 4.73. The minimum absolute atomic E-state index is 0.0215. The highest BCUT2D eigenvalue weighted by Gasteiger charge is 2.33. The second-order valence-electron chi connectivity index (χ2n) is 6.88. The maximum atomic E-state index is 13.1. The van der Waals surface area contributed by atoms with Crippen LogP contribution in [0.15, 0.2) is 30.5 Å². The molecule has 2 aromatic heterocycles. The molecule has 13 nitrogen and oxygen atoms in total. The Labute approximate surface area is 180 Å². The average Bonchev–Trinajstić information content (AvgIpc) is 2.75. The molecule has 0 bridgehead atoms.